The van der Waals surface area contributed by atoms with Gasteiger partial charge in [-0.3, -0.25) is 19.2 Å². The van der Waals surface area contributed by atoms with E-state index in [9.17, 15) is 9.59 Å². The van der Waals surface area contributed by atoms with Gasteiger partial charge in [0, 0.05) is 37.9 Å². The third-order valence-corrected chi connectivity index (χ3v) is 4.69. The number of amides is 2. The van der Waals surface area contributed by atoms with Gasteiger partial charge in [0.25, 0.3) is 5.91 Å². The highest BCUT2D eigenvalue weighted by Crippen LogP contribution is 2.19. The number of likely N-dealkylation sites (tertiary alicyclic amines) is 1. The molecule has 2 heterocycles. The number of aryl methyl sites for hydroxylation is 2. The van der Waals surface area contributed by atoms with E-state index in [0.717, 1.165) is 18.7 Å². The SMILES string of the molecule is C/C=C/CN1C[C@H](NC(=O)c2cn(CCC)nc2C)C[C@H]1C(=O)NC(C)C. The molecule has 0 unspecified atom stereocenters. The summed E-state index contributed by atoms with van der Waals surface area (Å²) in [6.45, 7) is 12.0. The Bertz CT molecular complexity index is 680. The van der Waals surface area contributed by atoms with E-state index in [1.54, 1.807) is 0 Å². The topological polar surface area (TPSA) is 79.3 Å². The normalized spacial score (nSPS) is 20.5. The lowest BCUT2D eigenvalue weighted by molar-refractivity contribution is -0.125. The summed E-state index contributed by atoms with van der Waals surface area (Å²) in [4.78, 5) is 27.4. The van der Waals surface area contributed by atoms with E-state index in [-0.39, 0.29) is 29.9 Å². The molecule has 2 rings (SSSR count). The minimum absolute atomic E-state index is 0.0261. The van der Waals surface area contributed by atoms with Crippen LogP contribution in [0.4, 0.5) is 0 Å². The van der Waals surface area contributed by atoms with Crippen LogP contribution in [0.3, 0.4) is 0 Å². The van der Waals surface area contributed by atoms with Gasteiger partial charge in [0.1, 0.15) is 0 Å². The first kappa shape index (κ1) is 21.2. The van der Waals surface area contributed by atoms with E-state index in [1.807, 2.05) is 50.7 Å². The van der Waals surface area contributed by atoms with Crippen molar-refractivity contribution in [3.05, 3.63) is 29.6 Å². The molecular weight excluding hydrogens is 342 g/mol. The number of hydrogen-bond acceptors (Lipinski definition) is 4. The fourth-order valence-electron chi connectivity index (χ4n) is 3.45. The molecule has 1 aliphatic rings. The molecule has 1 aromatic rings. The van der Waals surface area contributed by atoms with Crippen molar-refractivity contribution in [3.8, 4) is 0 Å². The van der Waals surface area contributed by atoms with Crippen LogP contribution in [0, 0.1) is 6.92 Å². The Kier molecular flexibility index (Phi) is 7.59. The molecule has 7 nitrogen and oxygen atoms in total. The highest BCUT2D eigenvalue weighted by atomic mass is 16.2. The molecule has 0 aliphatic carbocycles. The Morgan fingerprint density at radius 3 is 2.78 bits per heavy atom. The van der Waals surface area contributed by atoms with Crippen LogP contribution in [0.25, 0.3) is 0 Å². The smallest absolute Gasteiger partial charge is 0.255 e. The summed E-state index contributed by atoms with van der Waals surface area (Å²) in [6, 6.07) is -0.181. The molecule has 7 heteroatoms. The fraction of sp³-hybridized carbons (Fsp3) is 0.650. The zero-order valence-corrected chi connectivity index (χ0v) is 17.2. The van der Waals surface area contributed by atoms with Crippen LogP contribution in [-0.4, -0.2) is 57.7 Å². The summed E-state index contributed by atoms with van der Waals surface area (Å²) in [6.07, 6.45) is 7.42. The third-order valence-electron chi connectivity index (χ3n) is 4.69. The Morgan fingerprint density at radius 2 is 2.15 bits per heavy atom. The van der Waals surface area contributed by atoms with Crippen LogP contribution >= 0.6 is 0 Å². The molecule has 1 saturated heterocycles. The van der Waals surface area contributed by atoms with E-state index >= 15 is 0 Å². The molecule has 2 N–H and O–H groups in total. The molecule has 2 amide bonds. The second-order valence-electron chi connectivity index (χ2n) is 7.50. The lowest BCUT2D eigenvalue weighted by Gasteiger charge is -2.22. The van der Waals surface area contributed by atoms with Crippen molar-refractivity contribution in [2.75, 3.05) is 13.1 Å². The van der Waals surface area contributed by atoms with Gasteiger partial charge in [-0.15, -0.1) is 0 Å². The maximum Gasteiger partial charge on any atom is 0.255 e. The van der Waals surface area contributed by atoms with Crippen LogP contribution in [0.15, 0.2) is 18.3 Å². The van der Waals surface area contributed by atoms with Crippen molar-refractivity contribution >= 4 is 11.8 Å². The first-order chi connectivity index (χ1) is 12.8. The molecule has 0 bridgehead atoms. The van der Waals surface area contributed by atoms with Crippen molar-refractivity contribution in [3.63, 3.8) is 0 Å². The average Bonchev–Trinajstić information content (AvgIpc) is 3.16. The number of aromatic nitrogens is 2. The molecule has 0 radical (unpaired) electrons. The number of allylic oxidation sites excluding steroid dienone is 1. The van der Waals surface area contributed by atoms with E-state index in [2.05, 4.69) is 27.6 Å². The monoisotopic (exact) mass is 375 g/mol. The molecule has 1 aromatic heterocycles. The van der Waals surface area contributed by atoms with Gasteiger partial charge in [0.2, 0.25) is 5.91 Å². The van der Waals surface area contributed by atoms with Gasteiger partial charge in [-0.25, -0.2) is 0 Å². The number of hydrogen-bond donors (Lipinski definition) is 2. The predicted octanol–water partition coefficient (Wildman–Crippen LogP) is 1.87. The van der Waals surface area contributed by atoms with Gasteiger partial charge in [-0.05, 0) is 40.5 Å². The zero-order valence-electron chi connectivity index (χ0n) is 17.2. The number of nitrogens with zero attached hydrogens (tertiary/aromatic N) is 3. The van der Waals surface area contributed by atoms with E-state index < -0.39 is 0 Å². The Hall–Kier alpha value is -2.15. The standard InChI is InChI=1S/C20H33N5O2/c1-6-8-10-24-12-16(11-18(24)20(27)21-14(3)4)22-19(26)17-13-25(9-7-2)23-15(17)5/h6,8,13-14,16,18H,7,9-12H2,1-5H3,(H,21,27)(H,22,26)/b8-6+/t16-,18+/m1/s1. The largest absolute Gasteiger partial charge is 0.353 e. The predicted molar refractivity (Wildman–Crippen MR) is 107 cm³/mol. The Labute approximate surface area is 162 Å². The summed E-state index contributed by atoms with van der Waals surface area (Å²) in [5.41, 5.74) is 1.34. The highest BCUT2D eigenvalue weighted by Gasteiger charge is 2.37. The van der Waals surface area contributed by atoms with E-state index in [0.29, 0.717) is 25.1 Å². The molecule has 27 heavy (non-hydrogen) atoms. The summed E-state index contributed by atoms with van der Waals surface area (Å²) < 4.78 is 1.82. The zero-order chi connectivity index (χ0) is 20.0. The number of carbonyl (C=O) groups excluding carboxylic acids is 2. The third kappa shape index (κ3) is 5.66. The number of nitrogens with one attached hydrogen (secondary N) is 2. The maximum absolute atomic E-state index is 12.7. The van der Waals surface area contributed by atoms with Gasteiger partial charge in [-0.1, -0.05) is 19.1 Å². The highest BCUT2D eigenvalue weighted by molar-refractivity contribution is 5.95. The summed E-state index contributed by atoms with van der Waals surface area (Å²) in [7, 11) is 0. The quantitative estimate of drug-likeness (QED) is 0.680. The summed E-state index contributed by atoms with van der Waals surface area (Å²) in [5.74, 6) is -0.0889. The van der Waals surface area contributed by atoms with Crippen molar-refractivity contribution in [2.24, 2.45) is 0 Å². The van der Waals surface area contributed by atoms with Crippen LogP contribution in [0.1, 0.15) is 56.6 Å². The second-order valence-corrected chi connectivity index (χ2v) is 7.50. The van der Waals surface area contributed by atoms with Crippen LogP contribution in [-0.2, 0) is 11.3 Å². The molecular formula is C20H33N5O2. The van der Waals surface area contributed by atoms with Crippen LogP contribution in [0.2, 0.25) is 0 Å². The van der Waals surface area contributed by atoms with Crippen molar-refractivity contribution in [2.45, 2.75) is 72.1 Å². The molecule has 1 fully saturated rings. The first-order valence-corrected chi connectivity index (χ1v) is 9.86. The molecule has 0 saturated carbocycles. The Morgan fingerprint density at radius 1 is 1.41 bits per heavy atom. The number of carbonyl (C=O) groups is 2. The Balaban J connectivity index is 2.05. The lowest BCUT2D eigenvalue weighted by atomic mass is 10.1. The molecule has 2 atom stereocenters. The van der Waals surface area contributed by atoms with Gasteiger partial charge >= 0.3 is 0 Å². The molecule has 0 spiro atoms. The van der Waals surface area contributed by atoms with Crippen molar-refractivity contribution < 1.29 is 9.59 Å². The minimum Gasteiger partial charge on any atom is -0.353 e. The van der Waals surface area contributed by atoms with Crippen molar-refractivity contribution in [1.82, 2.24) is 25.3 Å². The van der Waals surface area contributed by atoms with Crippen molar-refractivity contribution in [1.29, 1.82) is 0 Å². The lowest BCUT2D eigenvalue weighted by Crippen LogP contribution is -2.45. The number of rotatable bonds is 8. The minimum atomic E-state index is -0.224. The van der Waals surface area contributed by atoms with Gasteiger partial charge in [-0.2, -0.15) is 5.10 Å². The van der Waals surface area contributed by atoms with E-state index in [4.69, 9.17) is 0 Å². The van der Waals surface area contributed by atoms with Gasteiger partial charge in [0.05, 0.1) is 17.3 Å². The first-order valence-electron chi connectivity index (χ1n) is 9.86. The van der Waals surface area contributed by atoms with Gasteiger partial charge in [0.15, 0.2) is 0 Å². The fourth-order valence-corrected chi connectivity index (χ4v) is 3.45. The summed E-state index contributed by atoms with van der Waals surface area (Å²) >= 11 is 0. The summed E-state index contributed by atoms with van der Waals surface area (Å²) in [5, 5.41) is 10.5. The molecule has 150 valence electrons. The molecule has 1 aliphatic heterocycles. The van der Waals surface area contributed by atoms with Gasteiger partial charge < -0.3 is 10.6 Å². The van der Waals surface area contributed by atoms with Crippen LogP contribution < -0.4 is 10.6 Å². The van der Waals surface area contributed by atoms with E-state index in [1.165, 1.54) is 0 Å². The van der Waals surface area contributed by atoms with Crippen LogP contribution in [0.5, 0.6) is 0 Å². The maximum atomic E-state index is 12.7. The molecule has 0 aromatic carbocycles. The second kappa shape index (κ2) is 9.69. The average molecular weight is 376 g/mol.